The minimum Gasteiger partial charge on any atom is -0.506 e. The molecule has 0 aliphatic rings. The van der Waals surface area contributed by atoms with Gasteiger partial charge in [0.25, 0.3) is 5.91 Å². The van der Waals surface area contributed by atoms with Crippen LogP contribution in [0.1, 0.15) is 17.4 Å². The summed E-state index contributed by atoms with van der Waals surface area (Å²) < 4.78 is 0.578. The lowest BCUT2D eigenvalue weighted by molar-refractivity contribution is -0.140. The second-order valence-corrected chi connectivity index (χ2v) is 4.53. The van der Waals surface area contributed by atoms with Gasteiger partial charge >= 0.3 is 5.97 Å². The van der Waals surface area contributed by atoms with E-state index in [1.807, 2.05) is 0 Å². The molecule has 1 aromatic heterocycles. The van der Waals surface area contributed by atoms with Gasteiger partial charge in [0.2, 0.25) is 0 Å². The van der Waals surface area contributed by atoms with Crippen molar-refractivity contribution in [3.63, 3.8) is 0 Å². The van der Waals surface area contributed by atoms with Gasteiger partial charge in [0, 0.05) is 22.5 Å². The fraction of sp³-hybridized carbons (Fsp3) is 0.154. The molecular formula is C13H11ClN2O4. The molecule has 0 aliphatic carbocycles. The molecule has 2 rings (SSSR count). The zero-order chi connectivity index (χ0) is 14.9. The van der Waals surface area contributed by atoms with Crippen LogP contribution >= 0.6 is 11.8 Å². The zero-order valence-corrected chi connectivity index (χ0v) is 11.2. The summed E-state index contributed by atoms with van der Waals surface area (Å²) in [4.78, 5) is 26.9. The van der Waals surface area contributed by atoms with E-state index in [0.29, 0.717) is 15.2 Å². The van der Waals surface area contributed by atoms with Crippen LogP contribution in [0.4, 0.5) is 0 Å². The Morgan fingerprint density at radius 3 is 2.50 bits per heavy atom. The molecule has 1 heterocycles. The number of pyridine rings is 1. The Morgan fingerprint density at radius 2 is 1.90 bits per heavy atom. The molecule has 1 amide bonds. The van der Waals surface area contributed by atoms with Crippen LogP contribution in [0.5, 0.6) is 5.75 Å². The highest BCUT2D eigenvalue weighted by Gasteiger charge is 2.27. The number of carboxylic acid groups (broad SMARTS) is 1. The molecule has 104 valence electrons. The van der Waals surface area contributed by atoms with Crippen molar-refractivity contribution in [2.24, 2.45) is 0 Å². The first-order chi connectivity index (χ1) is 9.43. The topological polar surface area (TPSA) is 90.7 Å². The van der Waals surface area contributed by atoms with Crippen LogP contribution < -0.4 is 0 Å². The third kappa shape index (κ3) is 2.37. The van der Waals surface area contributed by atoms with Gasteiger partial charge in [0.05, 0.1) is 6.20 Å². The monoisotopic (exact) mass is 294 g/mol. The normalized spacial score (nSPS) is 12.1. The largest absolute Gasteiger partial charge is 0.506 e. The third-order valence-electron chi connectivity index (χ3n) is 2.87. The summed E-state index contributed by atoms with van der Waals surface area (Å²) in [6, 6.07) is 5.42. The highest BCUT2D eigenvalue weighted by Crippen LogP contribution is 2.26. The maximum Gasteiger partial charge on any atom is 0.327 e. The number of carbonyl (C=O) groups excluding carboxylic acids is 1. The summed E-state index contributed by atoms with van der Waals surface area (Å²) in [5.74, 6) is -2.03. The van der Waals surface area contributed by atoms with Gasteiger partial charge in [-0.25, -0.2) is 14.2 Å². The molecule has 2 aromatic rings. The number of aliphatic carboxylic acids is 1. The molecule has 0 spiro atoms. The van der Waals surface area contributed by atoms with Crippen LogP contribution in [-0.4, -0.2) is 37.5 Å². The van der Waals surface area contributed by atoms with Crippen molar-refractivity contribution in [3.05, 3.63) is 36.2 Å². The van der Waals surface area contributed by atoms with E-state index in [2.05, 4.69) is 4.98 Å². The van der Waals surface area contributed by atoms with Crippen molar-refractivity contribution < 1.29 is 19.8 Å². The van der Waals surface area contributed by atoms with E-state index in [1.165, 1.54) is 6.92 Å². The average Bonchev–Trinajstić information content (AvgIpc) is 2.45. The molecule has 6 nitrogen and oxygen atoms in total. The Kier molecular flexibility index (Phi) is 3.76. The Hall–Kier alpha value is -2.34. The van der Waals surface area contributed by atoms with Gasteiger partial charge in [-0.2, -0.15) is 0 Å². The van der Waals surface area contributed by atoms with Crippen molar-refractivity contribution in [2.75, 3.05) is 0 Å². The molecule has 0 aliphatic heterocycles. The Labute approximate surface area is 119 Å². The highest BCUT2D eigenvalue weighted by molar-refractivity contribution is 6.26. The number of amides is 1. The molecule has 1 aromatic carbocycles. The molecule has 0 unspecified atom stereocenters. The van der Waals surface area contributed by atoms with E-state index >= 15 is 0 Å². The Bertz CT molecular complexity index is 689. The number of aromatic hydroxyl groups is 1. The molecular weight excluding hydrogens is 284 g/mol. The Morgan fingerprint density at radius 1 is 1.30 bits per heavy atom. The van der Waals surface area contributed by atoms with Gasteiger partial charge in [0.15, 0.2) is 0 Å². The van der Waals surface area contributed by atoms with E-state index < -0.39 is 17.9 Å². The van der Waals surface area contributed by atoms with E-state index in [4.69, 9.17) is 16.9 Å². The van der Waals surface area contributed by atoms with Crippen LogP contribution in [0.2, 0.25) is 0 Å². The average molecular weight is 295 g/mol. The molecule has 0 bridgehead atoms. The van der Waals surface area contributed by atoms with E-state index in [0.717, 1.165) is 6.20 Å². The number of carboxylic acids is 1. The number of rotatable bonds is 3. The predicted octanol–water partition coefficient (Wildman–Crippen LogP) is 2.01. The third-order valence-corrected chi connectivity index (χ3v) is 3.31. The first kappa shape index (κ1) is 14.1. The van der Waals surface area contributed by atoms with Gasteiger partial charge < -0.3 is 10.2 Å². The minimum absolute atomic E-state index is 0.0125. The van der Waals surface area contributed by atoms with Crippen molar-refractivity contribution in [1.29, 1.82) is 0 Å². The summed E-state index contributed by atoms with van der Waals surface area (Å²) in [7, 11) is 0. The number of hydrogen-bond acceptors (Lipinski definition) is 4. The fourth-order valence-electron chi connectivity index (χ4n) is 1.72. The molecule has 7 heteroatoms. The molecule has 20 heavy (non-hydrogen) atoms. The number of aromatic nitrogens is 1. The fourth-order valence-corrected chi connectivity index (χ4v) is 1.89. The van der Waals surface area contributed by atoms with E-state index in [-0.39, 0.29) is 11.4 Å². The molecule has 2 N–H and O–H groups in total. The van der Waals surface area contributed by atoms with Crippen molar-refractivity contribution in [1.82, 2.24) is 9.40 Å². The SMILES string of the molecule is C[C@@H](C(=O)O)N(Cl)C(=O)c1ncc(O)c2ccccc12. The van der Waals surface area contributed by atoms with Gasteiger partial charge in [0.1, 0.15) is 17.5 Å². The first-order valence-corrected chi connectivity index (χ1v) is 6.06. The molecule has 0 saturated carbocycles. The number of hydrogen-bond donors (Lipinski definition) is 2. The van der Waals surface area contributed by atoms with Crippen LogP contribution in [0.15, 0.2) is 30.5 Å². The molecule has 0 saturated heterocycles. The predicted molar refractivity (Wildman–Crippen MR) is 72.5 cm³/mol. The van der Waals surface area contributed by atoms with Crippen molar-refractivity contribution in [3.8, 4) is 5.75 Å². The summed E-state index contributed by atoms with van der Waals surface area (Å²) in [6.07, 6.45) is 1.13. The Balaban J connectivity index is 2.51. The zero-order valence-electron chi connectivity index (χ0n) is 10.4. The summed E-state index contributed by atoms with van der Waals surface area (Å²) >= 11 is 5.75. The lowest BCUT2D eigenvalue weighted by atomic mass is 10.1. The maximum absolute atomic E-state index is 12.2. The van der Waals surface area contributed by atoms with Crippen LogP contribution in [0.3, 0.4) is 0 Å². The van der Waals surface area contributed by atoms with Crippen LogP contribution in [0, 0.1) is 0 Å². The number of halogens is 1. The molecule has 0 radical (unpaired) electrons. The number of benzene rings is 1. The van der Waals surface area contributed by atoms with E-state index in [9.17, 15) is 14.7 Å². The smallest absolute Gasteiger partial charge is 0.327 e. The highest BCUT2D eigenvalue weighted by atomic mass is 35.5. The maximum atomic E-state index is 12.2. The lowest BCUT2D eigenvalue weighted by Gasteiger charge is -2.18. The molecule has 0 fully saturated rings. The second-order valence-electron chi connectivity index (χ2n) is 4.17. The standard InChI is InChI=1S/C13H11ClN2O4/c1-7(13(19)20)16(14)12(18)11-9-5-3-2-4-8(9)10(17)6-15-11/h2-7,17H,1H3,(H,19,20)/t7-/m0/s1. The summed E-state index contributed by atoms with van der Waals surface area (Å²) in [5.41, 5.74) is -0.0125. The van der Waals surface area contributed by atoms with E-state index in [1.54, 1.807) is 24.3 Å². The van der Waals surface area contributed by atoms with Gasteiger partial charge in [-0.1, -0.05) is 24.3 Å². The molecule has 1 atom stereocenters. The quantitative estimate of drug-likeness (QED) is 0.845. The number of fused-ring (bicyclic) bond motifs is 1. The summed E-state index contributed by atoms with van der Waals surface area (Å²) in [6.45, 7) is 1.29. The number of nitrogens with zero attached hydrogens (tertiary/aromatic N) is 2. The van der Waals surface area contributed by atoms with Gasteiger partial charge in [-0.05, 0) is 6.92 Å². The van der Waals surface area contributed by atoms with Crippen molar-refractivity contribution >= 4 is 34.4 Å². The number of carbonyl (C=O) groups is 2. The van der Waals surface area contributed by atoms with Gasteiger partial charge in [-0.3, -0.25) is 4.79 Å². The van der Waals surface area contributed by atoms with Gasteiger partial charge in [-0.15, -0.1) is 0 Å². The minimum atomic E-state index is -1.23. The summed E-state index contributed by atoms with van der Waals surface area (Å²) in [5, 5.41) is 19.4. The van der Waals surface area contributed by atoms with Crippen LogP contribution in [-0.2, 0) is 4.79 Å². The first-order valence-electron chi connectivity index (χ1n) is 5.72. The van der Waals surface area contributed by atoms with Crippen LogP contribution in [0.25, 0.3) is 10.8 Å². The lowest BCUT2D eigenvalue weighted by Crippen LogP contribution is -2.36. The second kappa shape index (κ2) is 5.34. The van der Waals surface area contributed by atoms with Crippen molar-refractivity contribution in [2.45, 2.75) is 13.0 Å².